The highest BCUT2D eigenvalue weighted by Gasteiger charge is 2.26. The lowest BCUT2D eigenvalue weighted by Crippen LogP contribution is -2.47. The van der Waals surface area contributed by atoms with Gasteiger partial charge in [-0.15, -0.1) is 0 Å². The first-order valence-electron chi connectivity index (χ1n) is 7.91. The molecule has 0 spiro atoms. The number of carbonyl (C=O) groups is 2. The van der Waals surface area contributed by atoms with E-state index in [2.05, 4.69) is 20.6 Å². The number of nitrogens with zero attached hydrogens (tertiary/aromatic N) is 2. The Bertz CT molecular complexity index is 852. The molecular formula is C18H18N4O4. The third-order valence-corrected chi connectivity index (χ3v) is 3.87. The van der Waals surface area contributed by atoms with Crippen molar-refractivity contribution in [2.75, 3.05) is 14.2 Å². The Balaban J connectivity index is 1.88. The molecule has 2 aromatic rings. The minimum absolute atomic E-state index is 0.0879. The lowest BCUT2D eigenvalue weighted by molar-refractivity contribution is -0.120. The van der Waals surface area contributed by atoms with E-state index in [0.717, 1.165) is 0 Å². The van der Waals surface area contributed by atoms with Gasteiger partial charge in [0.15, 0.2) is 0 Å². The molecule has 0 aliphatic carbocycles. The molecule has 1 aromatic heterocycles. The van der Waals surface area contributed by atoms with Crippen molar-refractivity contribution in [2.24, 2.45) is 4.99 Å². The quantitative estimate of drug-likeness (QED) is 0.865. The Labute approximate surface area is 150 Å². The molecule has 3 rings (SSSR count). The number of methoxy groups -OCH3 is 2. The standard InChI is InChI=1S/C18H18N4O4/c1-25-12-5-6-15(26-2)13(8-12)14-9-16(23)21-18(20-14)22-17(24)11-4-3-7-19-10-11/h3-8,10,14H,9H2,1-2H3,(H2,20,21,22,23,24)/t14-/m0/s1. The lowest BCUT2D eigenvalue weighted by atomic mass is 10.0. The molecule has 8 nitrogen and oxygen atoms in total. The first-order chi connectivity index (χ1) is 12.6. The fraction of sp³-hybridized carbons (Fsp3) is 0.222. The van der Waals surface area contributed by atoms with Crippen LogP contribution < -0.4 is 20.1 Å². The van der Waals surface area contributed by atoms with E-state index >= 15 is 0 Å². The molecule has 1 aliphatic heterocycles. The maximum Gasteiger partial charge on any atom is 0.259 e. The summed E-state index contributed by atoms with van der Waals surface area (Å²) < 4.78 is 10.6. The van der Waals surface area contributed by atoms with Crippen molar-refractivity contribution in [3.8, 4) is 11.5 Å². The highest BCUT2D eigenvalue weighted by Crippen LogP contribution is 2.34. The minimum atomic E-state index is -0.502. The number of hydrogen-bond donors (Lipinski definition) is 2. The molecule has 1 atom stereocenters. The monoisotopic (exact) mass is 354 g/mol. The number of hydrogen-bond acceptors (Lipinski definition) is 6. The van der Waals surface area contributed by atoms with Gasteiger partial charge in [0.25, 0.3) is 5.91 Å². The number of guanidine groups is 1. The van der Waals surface area contributed by atoms with Crippen molar-refractivity contribution in [1.29, 1.82) is 0 Å². The highest BCUT2D eigenvalue weighted by atomic mass is 16.5. The third kappa shape index (κ3) is 3.80. The van der Waals surface area contributed by atoms with E-state index in [9.17, 15) is 9.59 Å². The van der Waals surface area contributed by atoms with Crippen LogP contribution in [-0.4, -0.2) is 37.0 Å². The number of ether oxygens (including phenoxy) is 2. The molecule has 134 valence electrons. The largest absolute Gasteiger partial charge is 0.497 e. The molecule has 1 aromatic carbocycles. The van der Waals surface area contributed by atoms with Gasteiger partial charge in [-0.25, -0.2) is 4.99 Å². The molecule has 0 saturated carbocycles. The normalized spacial score (nSPS) is 16.3. The van der Waals surface area contributed by atoms with E-state index in [1.807, 2.05) is 0 Å². The van der Waals surface area contributed by atoms with E-state index in [0.29, 0.717) is 22.6 Å². The Morgan fingerprint density at radius 2 is 2.12 bits per heavy atom. The van der Waals surface area contributed by atoms with Gasteiger partial charge in [0.2, 0.25) is 11.9 Å². The van der Waals surface area contributed by atoms with Crippen molar-refractivity contribution in [1.82, 2.24) is 15.6 Å². The van der Waals surface area contributed by atoms with Crippen LogP contribution in [0.4, 0.5) is 0 Å². The van der Waals surface area contributed by atoms with Crippen LogP contribution in [0.15, 0.2) is 47.7 Å². The lowest BCUT2D eigenvalue weighted by Gasteiger charge is -2.23. The van der Waals surface area contributed by atoms with Crippen LogP contribution >= 0.6 is 0 Å². The van der Waals surface area contributed by atoms with Gasteiger partial charge in [-0.05, 0) is 30.3 Å². The summed E-state index contributed by atoms with van der Waals surface area (Å²) >= 11 is 0. The Kier molecular flexibility index (Phi) is 5.12. The summed E-state index contributed by atoms with van der Waals surface area (Å²) in [6.07, 6.45) is 3.14. The van der Waals surface area contributed by atoms with Crippen molar-refractivity contribution in [3.63, 3.8) is 0 Å². The zero-order valence-electron chi connectivity index (χ0n) is 14.4. The Hall–Kier alpha value is -3.42. The smallest absolute Gasteiger partial charge is 0.259 e. The number of benzene rings is 1. The topological polar surface area (TPSA) is 102 Å². The number of amides is 2. The van der Waals surface area contributed by atoms with Crippen molar-refractivity contribution in [2.45, 2.75) is 12.5 Å². The predicted octanol–water partition coefficient (Wildman–Crippen LogP) is 1.45. The Morgan fingerprint density at radius 3 is 2.81 bits per heavy atom. The summed E-state index contributed by atoms with van der Waals surface area (Å²) in [7, 11) is 3.10. The molecule has 2 amide bonds. The van der Waals surface area contributed by atoms with E-state index in [1.54, 1.807) is 50.7 Å². The van der Waals surface area contributed by atoms with Crippen LogP contribution in [0.2, 0.25) is 0 Å². The molecule has 2 heterocycles. The van der Waals surface area contributed by atoms with Crippen LogP contribution in [0.25, 0.3) is 0 Å². The van der Waals surface area contributed by atoms with Gasteiger partial charge in [-0.3, -0.25) is 25.2 Å². The van der Waals surface area contributed by atoms with Crippen LogP contribution in [0.3, 0.4) is 0 Å². The molecule has 0 radical (unpaired) electrons. The number of carbonyl (C=O) groups excluding carboxylic acids is 2. The summed E-state index contributed by atoms with van der Waals surface area (Å²) in [6, 6.07) is 8.06. The summed E-state index contributed by atoms with van der Waals surface area (Å²) in [6.45, 7) is 0. The molecule has 2 N–H and O–H groups in total. The molecule has 26 heavy (non-hydrogen) atoms. The average molecular weight is 354 g/mol. The molecule has 8 heteroatoms. The highest BCUT2D eigenvalue weighted by molar-refractivity contribution is 6.10. The molecule has 0 fully saturated rings. The number of rotatable bonds is 4. The second kappa shape index (κ2) is 7.64. The zero-order chi connectivity index (χ0) is 18.5. The number of nitrogens with one attached hydrogen (secondary N) is 2. The number of aromatic nitrogens is 1. The minimum Gasteiger partial charge on any atom is -0.497 e. The van der Waals surface area contributed by atoms with E-state index < -0.39 is 11.9 Å². The van der Waals surface area contributed by atoms with Gasteiger partial charge in [0.1, 0.15) is 11.5 Å². The zero-order valence-corrected chi connectivity index (χ0v) is 14.4. The molecule has 0 bridgehead atoms. The van der Waals surface area contributed by atoms with Crippen molar-refractivity contribution < 1.29 is 19.1 Å². The van der Waals surface area contributed by atoms with Crippen LogP contribution in [0.1, 0.15) is 28.4 Å². The van der Waals surface area contributed by atoms with Crippen molar-refractivity contribution >= 4 is 17.8 Å². The summed E-state index contributed by atoms with van der Waals surface area (Å²) in [4.78, 5) is 32.7. The maximum atomic E-state index is 12.3. The molecule has 0 unspecified atom stereocenters. The van der Waals surface area contributed by atoms with Crippen LogP contribution in [0.5, 0.6) is 11.5 Å². The van der Waals surface area contributed by atoms with Gasteiger partial charge < -0.3 is 9.47 Å². The second-order valence-electron chi connectivity index (χ2n) is 5.55. The summed E-state index contributed by atoms with van der Waals surface area (Å²) in [5.41, 5.74) is 1.07. The summed E-state index contributed by atoms with van der Waals surface area (Å²) in [5.74, 6) is 0.645. The van der Waals surface area contributed by atoms with E-state index in [1.165, 1.54) is 6.20 Å². The second-order valence-corrected chi connectivity index (χ2v) is 5.55. The maximum absolute atomic E-state index is 12.3. The predicted molar refractivity (Wildman–Crippen MR) is 94.2 cm³/mol. The van der Waals surface area contributed by atoms with Gasteiger partial charge in [-0.2, -0.15) is 0 Å². The summed E-state index contributed by atoms with van der Waals surface area (Å²) in [5, 5.41) is 5.17. The first-order valence-corrected chi connectivity index (χ1v) is 7.91. The molecule has 0 saturated heterocycles. The SMILES string of the molecule is COc1ccc(OC)c([C@@H]2CC(=O)NC(NC(=O)c3cccnc3)=N2)c1. The fourth-order valence-electron chi connectivity index (χ4n) is 2.61. The van der Waals surface area contributed by atoms with Gasteiger partial charge in [-0.1, -0.05) is 0 Å². The van der Waals surface area contributed by atoms with E-state index in [4.69, 9.17) is 9.47 Å². The third-order valence-electron chi connectivity index (χ3n) is 3.87. The van der Waals surface area contributed by atoms with Gasteiger partial charge in [0, 0.05) is 18.0 Å². The van der Waals surface area contributed by atoms with Crippen LogP contribution in [0, 0.1) is 0 Å². The fourth-order valence-corrected chi connectivity index (χ4v) is 2.61. The number of pyridine rings is 1. The average Bonchev–Trinajstić information content (AvgIpc) is 2.67. The first kappa shape index (κ1) is 17.4. The van der Waals surface area contributed by atoms with E-state index in [-0.39, 0.29) is 18.3 Å². The van der Waals surface area contributed by atoms with Crippen molar-refractivity contribution in [3.05, 3.63) is 53.9 Å². The molecular weight excluding hydrogens is 336 g/mol. The van der Waals surface area contributed by atoms with Gasteiger partial charge in [0.05, 0.1) is 32.2 Å². The number of aliphatic imine (C=N–C) groups is 1. The van der Waals surface area contributed by atoms with Crippen LogP contribution in [-0.2, 0) is 4.79 Å². The Morgan fingerprint density at radius 1 is 1.27 bits per heavy atom. The van der Waals surface area contributed by atoms with Gasteiger partial charge >= 0.3 is 0 Å². The molecule has 1 aliphatic rings.